The summed E-state index contributed by atoms with van der Waals surface area (Å²) >= 11 is 0. The van der Waals surface area contributed by atoms with Crippen molar-refractivity contribution < 1.29 is 4.79 Å². The number of nitrogens with zero attached hydrogens (tertiary/aromatic N) is 1. The van der Waals surface area contributed by atoms with Crippen molar-refractivity contribution in [1.29, 1.82) is 0 Å². The van der Waals surface area contributed by atoms with Gasteiger partial charge in [-0.3, -0.25) is 4.79 Å². The van der Waals surface area contributed by atoms with E-state index >= 15 is 0 Å². The third kappa shape index (κ3) is 1.99. The average Bonchev–Trinajstić information content (AvgIpc) is 2.81. The second-order valence-corrected chi connectivity index (χ2v) is 9.44. The van der Waals surface area contributed by atoms with Gasteiger partial charge in [0.05, 0.1) is 5.41 Å². The molecule has 118 valence electrons. The molecule has 3 unspecified atom stereocenters. The lowest BCUT2D eigenvalue weighted by Gasteiger charge is -2.65. The van der Waals surface area contributed by atoms with Crippen molar-refractivity contribution in [3.8, 4) is 0 Å². The van der Waals surface area contributed by atoms with E-state index < -0.39 is 0 Å². The van der Waals surface area contributed by atoms with Gasteiger partial charge in [0.25, 0.3) is 0 Å². The predicted molar refractivity (Wildman–Crippen MR) is 83.6 cm³/mol. The maximum atomic E-state index is 13.4. The molecule has 5 rings (SSSR count). The lowest BCUT2D eigenvalue weighted by atomic mass is 9.40. The maximum absolute atomic E-state index is 13.4. The molecule has 21 heavy (non-hydrogen) atoms. The highest BCUT2D eigenvalue weighted by Crippen LogP contribution is 2.70. The summed E-state index contributed by atoms with van der Waals surface area (Å²) in [6.07, 6.45) is 9.74. The molecule has 0 radical (unpaired) electrons. The van der Waals surface area contributed by atoms with Gasteiger partial charge in [-0.05, 0) is 68.1 Å². The van der Waals surface area contributed by atoms with Gasteiger partial charge in [0.15, 0.2) is 0 Å². The predicted octanol–water partition coefficient (Wildman–Crippen LogP) is 2.93. The molecule has 3 atom stereocenters. The maximum Gasteiger partial charge on any atom is 0.229 e. The molecule has 2 N–H and O–H groups in total. The lowest BCUT2D eigenvalue weighted by Crippen LogP contribution is -2.61. The van der Waals surface area contributed by atoms with Crippen molar-refractivity contribution in [1.82, 2.24) is 4.90 Å². The number of carbonyl (C=O) groups excluding carboxylic acids is 1. The fourth-order valence-corrected chi connectivity index (χ4v) is 7.34. The smallest absolute Gasteiger partial charge is 0.229 e. The molecule has 4 bridgehead atoms. The van der Waals surface area contributed by atoms with Gasteiger partial charge < -0.3 is 10.6 Å². The van der Waals surface area contributed by atoms with Gasteiger partial charge >= 0.3 is 0 Å². The molecule has 0 aromatic carbocycles. The van der Waals surface area contributed by atoms with E-state index in [1.807, 2.05) is 0 Å². The third-order valence-electron chi connectivity index (χ3n) is 6.99. The topological polar surface area (TPSA) is 46.3 Å². The summed E-state index contributed by atoms with van der Waals surface area (Å²) in [5.41, 5.74) is 6.71. The highest BCUT2D eigenvalue weighted by atomic mass is 16.2. The Morgan fingerprint density at radius 3 is 2.38 bits per heavy atom. The molecular formula is C18H30N2O. The van der Waals surface area contributed by atoms with Crippen LogP contribution in [0.2, 0.25) is 0 Å². The fraction of sp³-hybridized carbons (Fsp3) is 0.944. The highest BCUT2D eigenvalue weighted by Gasteiger charge is 2.63. The third-order valence-corrected chi connectivity index (χ3v) is 6.99. The minimum absolute atomic E-state index is 0.0410. The molecular weight excluding hydrogens is 260 g/mol. The van der Waals surface area contributed by atoms with Crippen LogP contribution in [0.1, 0.15) is 65.2 Å². The van der Waals surface area contributed by atoms with Crippen LogP contribution in [0.25, 0.3) is 0 Å². The molecule has 0 spiro atoms. The molecule has 5 aliphatic rings. The molecule has 1 saturated heterocycles. The minimum atomic E-state index is -0.0410. The monoisotopic (exact) mass is 290 g/mol. The van der Waals surface area contributed by atoms with E-state index in [4.69, 9.17) is 5.73 Å². The standard InChI is InChI=1S/C18H30N2O/c1-16-6-13-7-17(2,10-16)12-18(8-13,11-16)15(21)20-5-3-4-14(20)9-19/h13-14H,3-12,19H2,1-2H3. The van der Waals surface area contributed by atoms with E-state index in [0.717, 1.165) is 44.6 Å². The molecule has 1 heterocycles. The van der Waals surface area contributed by atoms with Gasteiger partial charge in [0.2, 0.25) is 5.91 Å². The Labute approximate surface area is 128 Å². The zero-order valence-corrected chi connectivity index (χ0v) is 13.7. The molecule has 5 fully saturated rings. The average molecular weight is 290 g/mol. The summed E-state index contributed by atoms with van der Waals surface area (Å²) in [5, 5.41) is 0. The van der Waals surface area contributed by atoms with E-state index in [1.54, 1.807) is 0 Å². The molecule has 3 nitrogen and oxygen atoms in total. The molecule has 1 aliphatic heterocycles. The van der Waals surface area contributed by atoms with Crippen LogP contribution in [0.5, 0.6) is 0 Å². The van der Waals surface area contributed by atoms with Gasteiger partial charge in [-0.15, -0.1) is 0 Å². The normalized spacial score (nSPS) is 51.7. The first-order valence-corrected chi connectivity index (χ1v) is 8.88. The Bertz CT molecular complexity index is 456. The van der Waals surface area contributed by atoms with Crippen molar-refractivity contribution in [2.75, 3.05) is 13.1 Å². The fourth-order valence-electron chi connectivity index (χ4n) is 7.34. The summed E-state index contributed by atoms with van der Waals surface area (Å²) in [4.78, 5) is 15.6. The second kappa shape index (κ2) is 4.24. The van der Waals surface area contributed by atoms with Gasteiger partial charge in [-0.25, -0.2) is 0 Å². The Morgan fingerprint density at radius 2 is 1.81 bits per heavy atom. The van der Waals surface area contributed by atoms with Crippen LogP contribution in [0.15, 0.2) is 0 Å². The zero-order chi connectivity index (χ0) is 14.9. The van der Waals surface area contributed by atoms with Crippen LogP contribution >= 0.6 is 0 Å². The van der Waals surface area contributed by atoms with E-state index in [1.165, 1.54) is 19.3 Å². The van der Waals surface area contributed by atoms with Crippen LogP contribution in [-0.2, 0) is 4.79 Å². The number of rotatable bonds is 2. The molecule has 4 aliphatic carbocycles. The Morgan fingerprint density at radius 1 is 1.14 bits per heavy atom. The van der Waals surface area contributed by atoms with Crippen molar-refractivity contribution in [3.05, 3.63) is 0 Å². The molecule has 1 amide bonds. The zero-order valence-electron chi connectivity index (χ0n) is 13.7. The molecule has 4 saturated carbocycles. The van der Waals surface area contributed by atoms with Crippen LogP contribution in [-0.4, -0.2) is 29.9 Å². The van der Waals surface area contributed by atoms with Crippen LogP contribution in [0.3, 0.4) is 0 Å². The van der Waals surface area contributed by atoms with Gasteiger partial charge in [-0.1, -0.05) is 13.8 Å². The minimum Gasteiger partial charge on any atom is -0.338 e. The van der Waals surface area contributed by atoms with Crippen LogP contribution in [0.4, 0.5) is 0 Å². The molecule has 3 heteroatoms. The van der Waals surface area contributed by atoms with Gasteiger partial charge in [0.1, 0.15) is 0 Å². The van der Waals surface area contributed by atoms with Crippen molar-refractivity contribution in [3.63, 3.8) is 0 Å². The Balaban J connectivity index is 1.66. The quantitative estimate of drug-likeness (QED) is 0.850. The summed E-state index contributed by atoms with van der Waals surface area (Å²) in [6, 6.07) is 0.311. The highest BCUT2D eigenvalue weighted by molar-refractivity contribution is 5.84. The summed E-state index contributed by atoms with van der Waals surface area (Å²) in [7, 11) is 0. The summed E-state index contributed by atoms with van der Waals surface area (Å²) < 4.78 is 0. The van der Waals surface area contributed by atoms with Crippen LogP contribution in [0, 0.1) is 22.2 Å². The lowest BCUT2D eigenvalue weighted by molar-refractivity contribution is -0.180. The molecule has 0 aromatic heterocycles. The number of likely N-dealkylation sites (tertiary alicyclic amines) is 1. The van der Waals surface area contributed by atoms with Crippen LogP contribution < -0.4 is 5.73 Å². The van der Waals surface area contributed by atoms with Crippen molar-refractivity contribution in [2.45, 2.75) is 71.3 Å². The second-order valence-electron chi connectivity index (χ2n) is 9.44. The Kier molecular flexibility index (Phi) is 2.84. The first-order chi connectivity index (χ1) is 9.87. The van der Waals surface area contributed by atoms with E-state index in [9.17, 15) is 4.79 Å². The summed E-state index contributed by atoms with van der Waals surface area (Å²) in [6.45, 7) is 6.48. The van der Waals surface area contributed by atoms with Crippen molar-refractivity contribution >= 4 is 5.91 Å². The SMILES string of the molecule is CC12CC3CC(C)(C1)CC(C(=O)N1CCCC1CN)(C3)C2. The van der Waals surface area contributed by atoms with E-state index in [2.05, 4.69) is 18.7 Å². The van der Waals surface area contributed by atoms with E-state index in [0.29, 0.717) is 29.3 Å². The number of hydrogen-bond acceptors (Lipinski definition) is 2. The first-order valence-electron chi connectivity index (χ1n) is 8.88. The first kappa shape index (κ1) is 14.0. The number of amides is 1. The number of hydrogen-bond donors (Lipinski definition) is 1. The number of carbonyl (C=O) groups is 1. The van der Waals surface area contributed by atoms with Gasteiger partial charge in [0, 0.05) is 19.1 Å². The van der Waals surface area contributed by atoms with E-state index in [-0.39, 0.29) is 5.41 Å². The molecule has 0 aromatic rings. The summed E-state index contributed by atoms with van der Waals surface area (Å²) in [5.74, 6) is 1.26. The Hall–Kier alpha value is -0.570. The number of nitrogens with two attached hydrogens (primary N) is 1. The largest absolute Gasteiger partial charge is 0.338 e. The van der Waals surface area contributed by atoms with Gasteiger partial charge in [-0.2, -0.15) is 0 Å². The van der Waals surface area contributed by atoms with Crippen molar-refractivity contribution in [2.24, 2.45) is 27.9 Å².